The minimum Gasteiger partial charge on any atom is -0.496 e. The molecular formula is C22H24N2O3. The van der Waals surface area contributed by atoms with E-state index in [-0.39, 0.29) is 23.7 Å². The molecule has 1 saturated carbocycles. The Balaban J connectivity index is 1.29. The van der Waals surface area contributed by atoms with E-state index in [4.69, 9.17) is 4.74 Å². The number of fused-ring (bicyclic) bond motifs is 1. The molecule has 2 unspecified atom stereocenters. The molecule has 0 radical (unpaired) electrons. The molecule has 5 heteroatoms. The predicted octanol–water partition coefficient (Wildman–Crippen LogP) is 2.58. The first-order chi connectivity index (χ1) is 13.2. The first-order valence-electron chi connectivity index (χ1n) is 9.48. The highest BCUT2D eigenvalue weighted by atomic mass is 16.5. The SMILES string of the molecule is COc1ccccc1CCNC(=O)C1CC1C(=O)N1CCc2ccccc21. The van der Waals surface area contributed by atoms with Gasteiger partial charge in [-0.3, -0.25) is 9.59 Å². The van der Waals surface area contributed by atoms with Gasteiger partial charge in [-0.25, -0.2) is 0 Å². The zero-order valence-corrected chi connectivity index (χ0v) is 15.5. The summed E-state index contributed by atoms with van der Waals surface area (Å²) >= 11 is 0. The van der Waals surface area contributed by atoms with Crippen LogP contribution in [0.15, 0.2) is 48.5 Å². The maximum atomic E-state index is 12.8. The van der Waals surface area contributed by atoms with Crippen LogP contribution in [0.3, 0.4) is 0 Å². The van der Waals surface area contributed by atoms with Gasteiger partial charge in [0.05, 0.1) is 18.9 Å². The Labute approximate surface area is 159 Å². The zero-order valence-electron chi connectivity index (χ0n) is 15.5. The van der Waals surface area contributed by atoms with Crippen LogP contribution in [0.5, 0.6) is 5.75 Å². The maximum Gasteiger partial charge on any atom is 0.230 e. The monoisotopic (exact) mass is 364 g/mol. The van der Waals surface area contributed by atoms with Crippen LogP contribution in [0.1, 0.15) is 17.5 Å². The molecule has 140 valence electrons. The third-order valence-electron chi connectivity index (χ3n) is 5.48. The Bertz CT molecular complexity index is 864. The van der Waals surface area contributed by atoms with E-state index in [9.17, 15) is 9.59 Å². The van der Waals surface area contributed by atoms with Crippen molar-refractivity contribution >= 4 is 17.5 Å². The number of para-hydroxylation sites is 2. The Hall–Kier alpha value is -2.82. The lowest BCUT2D eigenvalue weighted by Gasteiger charge is -2.17. The molecule has 2 aliphatic rings. The number of rotatable bonds is 6. The van der Waals surface area contributed by atoms with Crippen LogP contribution in [0, 0.1) is 11.8 Å². The van der Waals surface area contributed by atoms with E-state index in [0.717, 1.165) is 30.0 Å². The maximum absolute atomic E-state index is 12.8. The summed E-state index contributed by atoms with van der Waals surface area (Å²) in [6, 6.07) is 15.8. The van der Waals surface area contributed by atoms with Gasteiger partial charge in [-0.2, -0.15) is 0 Å². The van der Waals surface area contributed by atoms with E-state index in [0.29, 0.717) is 19.4 Å². The second-order valence-corrected chi connectivity index (χ2v) is 7.17. The fourth-order valence-corrected chi connectivity index (χ4v) is 3.89. The minimum absolute atomic E-state index is 0.0178. The second kappa shape index (κ2) is 7.43. The molecule has 1 heterocycles. The molecule has 2 aromatic carbocycles. The lowest BCUT2D eigenvalue weighted by molar-refractivity contribution is -0.126. The van der Waals surface area contributed by atoms with Crippen LogP contribution in [0.25, 0.3) is 0 Å². The first kappa shape index (κ1) is 17.6. The van der Waals surface area contributed by atoms with Gasteiger partial charge >= 0.3 is 0 Å². The van der Waals surface area contributed by atoms with Crippen molar-refractivity contribution in [3.63, 3.8) is 0 Å². The number of amides is 2. The molecular weight excluding hydrogens is 340 g/mol. The molecule has 1 fully saturated rings. The van der Waals surface area contributed by atoms with Gasteiger partial charge in [0, 0.05) is 18.8 Å². The lowest BCUT2D eigenvalue weighted by atomic mass is 10.1. The normalized spacial score (nSPS) is 20.1. The summed E-state index contributed by atoms with van der Waals surface area (Å²) in [4.78, 5) is 27.1. The van der Waals surface area contributed by atoms with E-state index in [1.54, 1.807) is 7.11 Å². The Morgan fingerprint density at radius 1 is 1.11 bits per heavy atom. The molecule has 2 atom stereocenters. The summed E-state index contributed by atoms with van der Waals surface area (Å²) in [5.41, 5.74) is 3.28. The highest BCUT2D eigenvalue weighted by Gasteiger charge is 2.50. The third-order valence-corrected chi connectivity index (χ3v) is 5.48. The van der Waals surface area contributed by atoms with Crippen molar-refractivity contribution in [2.45, 2.75) is 19.3 Å². The van der Waals surface area contributed by atoms with E-state index in [2.05, 4.69) is 11.4 Å². The van der Waals surface area contributed by atoms with E-state index >= 15 is 0 Å². The summed E-state index contributed by atoms with van der Waals surface area (Å²) < 4.78 is 5.33. The fraction of sp³-hybridized carbons (Fsp3) is 0.364. The number of benzene rings is 2. The van der Waals surface area contributed by atoms with Gasteiger partial charge in [-0.1, -0.05) is 36.4 Å². The Morgan fingerprint density at radius 3 is 2.74 bits per heavy atom. The van der Waals surface area contributed by atoms with Crippen molar-refractivity contribution in [2.75, 3.05) is 25.1 Å². The number of carbonyl (C=O) groups excluding carboxylic acids is 2. The smallest absolute Gasteiger partial charge is 0.230 e. The largest absolute Gasteiger partial charge is 0.496 e. The van der Waals surface area contributed by atoms with Crippen LogP contribution in [-0.2, 0) is 22.4 Å². The molecule has 4 rings (SSSR count). The van der Waals surface area contributed by atoms with Gasteiger partial charge in [-0.15, -0.1) is 0 Å². The number of anilines is 1. The summed E-state index contributed by atoms with van der Waals surface area (Å²) in [6.07, 6.45) is 2.25. The molecule has 27 heavy (non-hydrogen) atoms. The number of carbonyl (C=O) groups is 2. The number of ether oxygens (including phenoxy) is 1. The second-order valence-electron chi connectivity index (χ2n) is 7.17. The number of hydrogen-bond donors (Lipinski definition) is 1. The molecule has 1 N–H and O–H groups in total. The lowest BCUT2D eigenvalue weighted by Crippen LogP contribution is -2.33. The van der Waals surface area contributed by atoms with Gasteiger partial charge in [0.2, 0.25) is 11.8 Å². The van der Waals surface area contributed by atoms with E-state index in [1.807, 2.05) is 47.4 Å². The number of methoxy groups -OCH3 is 1. The summed E-state index contributed by atoms with van der Waals surface area (Å²) in [7, 11) is 1.65. The van der Waals surface area contributed by atoms with Crippen molar-refractivity contribution in [1.29, 1.82) is 0 Å². The quantitative estimate of drug-likeness (QED) is 0.857. The summed E-state index contributed by atoms with van der Waals surface area (Å²) in [6.45, 7) is 1.26. The molecule has 0 aromatic heterocycles. The predicted molar refractivity (Wildman–Crippen MR) is 104 cm³/mol. The van der Waals surface area contributed by atoms with Crippen molar-refractivity contribution < 1.29 is 14.3 Å². The van der Waals surface area contributed by atoms with Gasteiger partial charge in [0.1, 0.15) is 5.75 Å². The third kappa shape index (κ3) is 3.54. The standard InChI is InChI=1S/C22H24N2O3/c1-27-20-9-5-3-7-16(20)10-12-23-21(25)17-14-18(17)22(26)24-13-11-15-6-2-4-8-19(15)24/h2-9,17-18H,10-14H2,1H3,(H,23,25). The molecule has 1 aliphatic heterocycles. The zero-order chi connectivity index (χ0) is 18.8. The summed E-state index contributed by atoms with van der Waals surface area (Å²) in [5.74, 6) is 0.532. The van der Waals surface area contributed by atoms with Gasteiger partial charge < -0.3 is 15.0 Å². The van der Waals surface area contributed by atoms with E-state index in [1.165, 1.54) is 5.56 Å². The van der Waals surface area contributed by atoms with Crippen LogP contribution in [0.4, 0.5) is 5.69 Å². The molecule has 2 aromatic rings. The van der Waals surface area contributed by atoms with Gasteiger partial charge in [0.15, 0.2) is 0 Å². The van der Waals surface area contributed by atoms with Crippen molar-refractivity contribution in [3.8, 4) is 5.75 Å². The van der Waals surface area contributed by atoms with Crippen molar-refractivity contribution in [1.82, 2.24) is 5.32 Å². The average Bonchev–Trinajstić information content (AvgIpc) is 3.39. The average molecular weight is 364 g/mol. The van der Waals surface area contributed by atoms with Crippen LogP contribution in [-0.4, -0.2) is 32.0 Å². The van der Waals surface area contributed by atoms with E-state index < -0.39 is 0 Å². The van der Waals surface area contributed by atoms with Crippen molar-refractivity contribution in [2.24, 2.45) is 11.8 Å². The minimum atomic E-state index is -0.192. The Morgan fingerprint density at radius 2 is 1.89 bits per heavy atom. The van der Waals surface area contributed by atoms with Gasteiger partial charge in [0.25, 0.3) is 0 Å². The number of nitrogens with one attached hydrogen (secondary N) is 1. The van der Waals surface area contributed by atoms with Crippen molar-refractivity contribution in [3.05, 3.63) is 59.7 Å². The highest BCUT2D eigenvalue weighted by molar-refractivity contribution is 6.02. The van der Waals surface area contributed by atoms with Gasteiger partial charge in [-0.05, 0) is 42.5 Å². The molecule has 0 saturated heterocycles. The fourth-order valence-electron chi connectivity index (χ4n) is 3.89. The highest BCUT2D eigenvalue weighted by Crippen LogP contribution is 2.42. The molecule has 5 nitrogen and oxygen atoms in total. The molecule has 0 bridgehead atoms. The van der Waals surface area contributed by atoms with Crippen LogP contribution in [0.2, 0.25) is 0 Å². The number of hydrogen-bond acceptors (Lipinski definition) is 3. The first-order valence-corrected chi connectivity index (χ1v) is 9.48. The Kier molecular flexibility index (Phi) is 4.84. The molecule has 2 amide bonds. The number of nitrogens with zero attached hydrogens (tertiary/aromatic N) is 1. The van der Waals surface area contributed by atoms with Crippen LogP contribution < -0.4 is 15.0 Å². The molecule has 1 aliphatic carbocycles. The summed E-state index contributed by atoms with van der Waals surface area (Å²) in [5, 5.41) is 2.97. The topological polar surface area (TPSA) is 58.6 Å². The van der Waals surface area contributed by atoms with Crippen LogP contribution >= 0.6 is 0 Å². The molecule has 0 spiro atoms.